The molecule has 8 heteroatoms. The smallest absolute Gasteiger partial charge is 0.342 e. The van der Waals surface area contributed by atoms with E-state index in [0.717, 1.165) is 30.5 Å². The second kappa shape index (κ2) is 9.44. The second-order valence-corrected chi connectivity index (χ2v) is 8.66. The maximum Gasteiger partial charge on any atom is 0.342 e. The average Bonchev–Trinajstić information content (AvgIpc) is 3.16. The number of rotatable bonds is 6. The minimum absolute atomic E-state index is 0.0342. The molecule has 0 radical (unpaired) electrons. The van der Waals surface area contributed by atoms with Gasteiger partial charge in [0.05, 0.1) is 11.4 Å². The van der Waals surface area contributed by atoms with E-state index >= 15 is 0 Å². The zero-order valence-electron chi connectivity index (χ0n) is 18.6. The van der Waals surface area contributed by atoms with E-state index in [4.69, 9.17) is 0 Å². The Labute approximate surface area is 191 Å². The number of phenols is 1. The Kier molecular flexibility index (Phi) is 6.44. The first kappa shape index (κ1) is 22.5. The lowest BCUT2D eigenvalue weighted by atomic mass is 9.82. The maximum absolute atomic E-state index is 13.1. The van der Waals surface area contributed by atoms with Crippen LogP contribution in [0.3, 0.4) is 0 Å². The van der Waals surface area contributed by atoms with E-state index in [-0.39, 0.29) is 41.9 Å². The molecule has 1 saturated carbocycles. The fraction of sp³-hybridized carbons (Fsp3) is 0.320. The van der Waals surface area contributed by atoms with Crippen molar-refractivity contribution in [1.29, 1.82) is 0 Å². The number of amides is 2. The van der Waals surface area contributed by atoms with Crippen molar-refractivity contribution >= 4 is 17.6 Å². The van der Waals surface area contributed by atoms with Gasteiger partial charge >= 0.3 is 6.03 Å². The fourth-order valence-electron chi connectivity index (χ4n) is 3.65. The Morgan fingerprint density at radius 2 is 1.88 bits per heavy atom. The quantitative estimate of drug-likeness (QED) is 0.492. The topological polar surface area (TPSA) is 96.3 Å². The van der Waals surface area contributed by atoms with Crippen LogP contribution >= 0.6 is 0 Å². The van der Waals surface area contributed by atoms with Gasteiger partial charge in [-0.1, -0.05) is 32.4 Å². The van der Waals surface area contributed by atoms with Crippen molar-refractivity contribution in [3.05, 3.63) is 65.6 Å². The van der Waals surface area contributed by atoms with Crippen molar-refractivity contribution < 1.29 is 19.1 Å². The van der Waals surface area contributed by atoms with Crippen LogP contribution in [0.4, 0.5) is 14.9 Å². The van der Waals surface area contributed by atoms with Crippen molar-refractivity contribution in [2.24, 2.45) is 5.92 Å². The number of benzene rings is 2. The predicted octanol–water partition coefficient (Wildman–Crippen LogP) is 5.01. The van der Waals surface area contributed by atoms with Crippen molar-refractivity contribution in [2.45, 2.75) is 45.6 Å². The molecule has 2 amide bonds. The monoisotopic (exact) mass is 450 g/mol. The van der Waals surface area contributed by atoms with E-state index < -0.39 is 0 Å². The highest BCUT2D eigenvalue weighted by atomic mass is 19.1. The lowest BCUT2D eigenvalue weighted by molar-refractivity contribution is -0.118. The summed E-state index contributed by atoms with van der Waals surface area (Å²) < 4.78 is 14.5. The molecule has 1 aliphatic carbocycles. The van der Waals surface area contributed by atoms with Crippen LogP contribution in [-0.2, 0) is 11.3 Å². The Morgan fingerprint density at radius 1 is 1.15 bits per heavy atom. The van der Waals surface area contributed by atoms with E-state index in [1.54, 1.807) is 38.1 Å². The molecular formula is C25H27FN4O3. The normalized spacial score (nSPS) is 13.6. The molecule has 1 heterocycles. The van der Waals surface area contributed by atoms with Gasteiger partial charge in [-0.05, 0) is 48.7 Å². The van der Waals surface area contributed by atoms with Gasteiger partial charge in [0.25, 0.3) is 0 Å². The molecule has 0 bridgehead atoms. The number of hydrogen-bond donors (Lipinski definition) is 3. The third-order valence-electron chi connectivity index (χ3n) is 5.88. The summed E-state index contributed by atoms with van der Waals surface area (Å²) in [6.45, 7) is 3.83. The number of halogens is 1. The third-order valence-corrected chi connectivity index (χ3v) is 5.88. The van der Waals surface area contributed by atoms with Crippen LogP contribution < -0.4 is 10.6 Å². The van der Waals surface area contributed by atoms with Crippen molar-refractivity contribution in [2.75, 3.05) is 5.32 Å². The molecule has 33 heavy (non-hydrogen) atoms. The zero-order valence-corrected chi connectivity index (χ0v) is 18.6. The molecule has 4 rings (SSSR count). The van der Waals surface area contributed by atoms with Crippen LogP contribution in [0.5, 0.6) is 5.75 Å². The highest BCUT2D eigenvalue weighted by Crippen LogP contribution is 2.39. The summed E-state index contributed by atoms with van der Waals surface area (Å²) in [5, 5.41) is 20.7. The second-order valence-electron chi connectivity index (χ2n) is 8.66. The van der Waals surface area contributed by atoms with Gasteiger partial charge in [-0.3, -0.25) is 4.79 Å². The van der Waals surface area contributed by atoms with E-state index in [2.05, 4.69) is 15.7 Å². The van der Waals surface area contributed by atoms with Gasteiger partial charge in [0.1, 0.15) is 11.6 Å². The Hall–Kier alpha value is -3.68. The van der Waals surface area contributed by atoms with Crippen LogP contribution in [0.15, 0.2) is 48.5 Å². The molecule has 2 aromatic carbocycles. The number of nitrogens with one attached hydrogen (secondary N) is 2. The summed E-state index contributed by atoms with van der Waals surface area (Å²) in [5.41, 5.74) is 3.02. The van der Waals surface area contributed by atoms with E-state index in [9.17, 15) is 19.1 Å². The number of aromatic hydroxyl groups is 1. The maximum atomic E-state index is 13.1. The SMILES string of the molecule is CC(C)C(=O)Nc1ccc(-c2cc(C3CCC3)n(C(=O)NCc3ccc(F)cc3)n2)c(O)c1. The average molecular weight is 451 g/mol. The van der Waals surface area contributed by atoms with Gasteiger partial charge in [0.15, 0.2) is 0 Å². The molecule has 0 spiro atoms. The molecule has 1 aliphatic rings. The minimum Gasteiger partial charge on any atom is -0.507 e. The minimum atomic E-state index is -0.382. The molecule has 3 N–H and O–H groups in total. The lowest BCUT2D eigenvalue weighted by Crippen LogP contribution is -2.31. The zero-order chi connectivity index (χ0) is 23.5. The molecule has 0 saturated heterocycles. The van der Waals surface area contributed by atoms with Crippen molar-refractivity contribution in [3.63, 3.8) is 0 Å². The molecule has 7 nitrogen and oxygen atoms in total. The van der Waals surface area contributed by atoms with Gasteiger partial charge in [-0.25, -0.2) is 9.18 Å². The third kappa shape index (κ3) is 5.05. The van der Waals surface area contributed by atoms with Crippen LogP contribution in [0, 0.1) is 11.7 Å². The van der Waals surface area contributed by atoms with Gasteiger partial charge in [0, 0.05) is 35.7 Å². The van der Waals surface area contributed by atoms with Gasteiger partial charge < -0.3 is 15.7 Å². The molecule has 0 atom stereocenters. The number of aromatic nitrogens is 2. The number of anilines is 1. The van der Waals surface area contributed by atoms with E-state index in [0.29, 0.717) is 16.9 Å². The summed E-state index contributed by atoms with van der Waals surface area (Å²) in [6, 6.07) is 12.3. The highest BCUT2D eigenvalue weighted by Gasteiger charge is 2.27. The molecule has 3 aromatic rings. The number of nitrogens with zero attached hydrogens (tertiary/aromatic N) is 2. The van der Waals surface area contributed by atoms with Crippen LogP contribution in [0.1, 0.15) is 50.3 Å². The highest BCUT2D eigenvalue weighted by molar-refractivity contribution is 5.92. The summed E-state index contributed by atoms with van der Waals surface area (Å²) >= 11 is 0. The standard InChI is InChI=1S/C25H27FN4O3/c1-15(2)24(32)28-19-10-11-20(23(31)12-19)21-13-22(17-4-3-5-17)30(29-21)25(33)27-14-16-6-8-18(26)9-7-16/h6-13,15,17,31H,3-5,14H2,1-2H3,(H,27,33)(H,28,32). The van der Waals surface area contributed by atoms with E-state index in [1.165, 1.54) is 22.9 Å². The lowest BCUT2D eigenvalue weighted by Gasteiger charge is -2.25. The Balaban J connectivity index is 1.56. The van der Waals surface area contributed by atoms with Gasteiger partial charge in [-0.2, -0.15) is 9.78 Å². The van der Waals surface area contributed by atoms with Crippen LogP contribution in [-0.4, -0.2) is 26.8 Å². The van der Waals surface area contributed by atoms with Crippen LogP contribution in [0.25, 0.3) is 11.3 Å². The fourth-order valence-corrected chi connectivity index (χ4v) is 3.65. The van der Waals surface area contributed by atoms with Crippen LogP contribution in [0.2, 0.25) is 0 Å². The molecule has 1 fully saturated rings. The van der Waals surface area contributed by atoms with Gasteiger partial charge in [0.2, 0.25) is 5.91 Å². The van der Waals surface area contributed by atoms with E-state index in [1.807, 2.05) is 6.07 Å². The first-order chi connectivity index (χ1) is 15.8. The number of hydrogen-bond acceptors (Lipinski definition) is 4. The summed E-state index contributed by atoms with van der Waals surface area (Å²) in [4.78, 5) is 24.8. The molecular weight excluding hydrogens is 423 g/mol. The first-order valence-corrected chi connectivity index (χ1v) is 11.1. The summed E-state index contributed by atoms with van der Waals surface area (Å²) in [5.74, 6) is -0.455. The Morgan fingerprint density at radius 3 is 2.48 bits per heavy atom. The number of carbonyl (C=O) groups is 2. The Bertz CT molecular complexity index is 1170. The molecule has 1 aromatic heterocycles. The number of phenolic OH excluding ortho intramolecular Hbond substituents is 1. The predicted molar refractivity (Wildman–Crippen MR) is 123 cm³/mol. The molecule has 0 aliphatic heterocycles. The first-order valence-electron chi connectivity index (χ1n) is 11.1. The van der Waals surface area contributed by atoms with Gasteiger partial charge in [-0.15, -0.1) is 0 Å². The summed E-state index contributed by atoms with van der Waals surface area (Å²) in [6.07, 6.45) is 3.04. The number of carbonyl (C=O) groups excluding carboxylic acids is 2. The molecule has 0 unspecified atom stereocenters. The summed E-state index contributed by atoms with van der Waals surface area (Å²) in [7, 11) is 0. The van der Waals surface area contributed by atoms with Crippen molar-refractivity contribution in [1.82, 2.24) is 15.1 Å². The van der Waals surface area contributed by atoms with Crippen molar-refractivity contribution in [3.8, 4) is 17.0 Å². The molecule has 172 valence electrons. The largest absolute Gasteiger partial charge is 0.507 e.